The van der Waals surface area contributed by atoms with Gasteiger partial charge in [0, 0.05) is 0 Å². The van der Waals surface area contributed by atoms with E-state index in [1.807, 2.05) is 6.92 Å². The zero-order valence-corrected chi connectivity index (χ0v) is 16.0. The van der Waals surface area contributed by atoms with Crippen molar-refractivity contribution in [1.29, 1.82) is 0 Å². The lowest BCUT2D eigenvalue weighted by molar-refractivity contribution is -0.168. The molecule has 28 heavy (non-hydrogen) atoms. The van der Waals surface area contributed by atoms with Gasteiger partial charge in [0.25, 0.3) is 0 Å². The topological polar surface area (TPSA) is 52.6 Å². The van der Waals surface area contributed by atoms with E-state index in [9.17, 15) is 31.5 Å². The van der Waals surface area contributed by atoms with Crippen LogP contribution in [0, 0.1) is 34.5 Å². The monoisotopic (exact) mass is 410 g/mol. The van der Waals surface area contributed by atoms with Crippen molar-refractivity contribution in [2.45, 2.75) is 59.3 Å². The average molecular weight is 410 g/mol. The second-order valence-corrected chi connectivity index (χ2v) is 6.27. The van der Waals surface area contributed by atoms with Crippen molar-refractivity contribution >= 4 is 11.9 Å². The van der Waals surface area contributed by atoms with Crippen molar-refractivity contribution in [2.24, 2.45) is 5.41 Å². The summed E-state index contributed by atoms with van der Waals surface area (Å²) in [4.78, 5) is 24.9. The van der Waals surface area contributed by atoms with E-state index < -0.39 is 52.2 Å². The molecule has 0 spiro atoms. The minimum Gasteiger partial charge on any atom is -0.465 e. The van der Waals surface area contributed by atoms with Gasteiger partial charge in [-0.3, -0.25) is 9.59 Å². The highest BCUT2D eigenvalue weighted by Gasteiger charge is 2.47. The van der Waals surface area contributed by atoms with E-state index in [1.54, 1.807) is 0 Å². The SMILES string of the molecule is CCCCCCOC(=O)C(CC)(CC)C(=O)Oc1c(F)c(F)c(F)c(F)c1F. The molecule has 0 saturated heterocycles. The Bertz CT molecular complexity index is 688. The van der Waals surface area contributed by atoms with Crippen LogP contribution in [0.3, 0.4) is 0 Å². The lowest BCUT2D eigenvalue weighted by Gasteiger charge is -2.27. The summed E-state index contributed by atoms with van der Waals surface area (Å²) in [6.45, 7) is 4.93. The summed E-state index contributed by atoms with van der Waals surface area (Å²) in [5, 5.41) is 0. The first-order valence-electron chi connectivity index (χ1n) is 9.08. The maximum atomic E-state index is 13.8. The zero-order valence-electron chi connectivity index (χ0n) is 16.0. The Labute approximate surface area is 160 Å². The van der Waals surface area contributed by atoms with Gasteiger partial charge in [-0.25, -0.2) is 13.2 Å². The standard InChI is InChI=1S/C19H23F5O4/c1-4-7-8-9-10-27-17(25)19(5-2,6-3)18(26)28-16-14(23)12(21)11(20)13(22)15(16)24/h4-10H2,1-3H3. The van der Waals surface area contributed by atoms with E-state index in [1.165, 1.54) is 13.8 Å². The van der Waals surface area contributed by atoms with E-state index >= 15 is 0 Å². The Morgan fingerprint density at radius 1 is 0.750 bits per heavy atom. The van der Waals surface area contributed by atoms with Crippen LogP contribution in [-0.2, 0) is 14.3 Å². The number of unbranched alkanes of at least 4 members (excludes halogenated alkanes) is 3. The van der Waals surface area contributed by atoms with Crippen LogP contribution in [0.4, 0.5) is 22.0 Å². The lowest BCUT2D eigenvalue weighted by Crippen LogP contribution is -2.43. The fraction of sp³-hybridized carbons (Fsp3) is 0.579. The molecular weight excluding hydrogens is 387 g/mol. The van der Waals surface area contributed by atoms with Gasteiger partial charge in [-0.2, -0.15) is 8.78 Å². The fourth-order valence-corrected chi connectivity index (χ4v) is 2.61. The molecular formula is C19H23F5O4. The van der Waals surface area contributed by atoms with Gasteiger partial charge in [-0.15, -0.1) is 0 Å². The highest BCUT2D eigenvalue weighted by molar-refractivity contribution is 6.00. The number of hydrogen-bond acceptors (Lipinski definition) is 4. The summed E-state index contributed by atoms with van der Waals surface area (Å²) in [7, 11) is 0. The second kappa shape index (κ2) is 10.4. The number of benzene rings is 1. The number of hydrogen-bond donors (Lipinski definition) is 0. The third-order valence-electron chi connectivity index (χ3n) is 4.58. The second-order valence-electron chi connectivity index (χ2n) is 6.27. The van der Waals surface area contributed by atoms with Crippen molar-refractivity contribution in [2.75, 3.05) is 6.61 Å². The minimum absolute atomic E-state index is 0.0381. The molecule has 1 rings (SSSR count). The summed E-state index contributed by atoms with van der Waals surface area (Å²) >= 11 is 0. The lowest BCUT2D eigenvalue weighted by atomic mass is 9.82. The van der Waals surface area contributed by atoms with E-state index in [0.29, 0.717) is 6.42 Å². The number of carbonyl (C=O) groups excluding carboxylic acids is 2. The first-order chi connectivity index (χ1) is 13.2. The highest BCUT2D eigenvalue weighted by atomic mass is 19.2. The van der Waals surface area contributed by atoms with Crippen LogP contribution in [0.5, 0.6) is 5.75 Å². The predicted molar refractivity (Wildman–Crippen MR) is 90.0 cm³/mol. The first-order valence-corrected chi connectivity index (χ1v) is 9.08. The third-order valence-corrected chi connectivity index (χ3v) is 4.58. The van der Waals surface area contributed by atoms with Crippen LogP contribution in [0.1, 0.15) is 59.3 Å². The number of esters is 2. The maximum Gasteiger partial charge on any atom is 0.329 e. The maximum absolute atomic E-state index is 13.8. The summed E-state index contributed by atoms with van der Waals surface area (Å²) in [6.07, 6.45) is 2.99. The molecule has 0 amide bonds. The molecule has 0 aromatic heterocycles. The molecule has 158 valence electrons. The van der Waals surface area contributed by atoms with Crippen LogP contribution >= 0.6 is 0 Å². The number of rotatable bonds is 10. The van der Waals surface area contributed by atoms with Crippen LogP contribution in [0.25, 0.3) is 0 Å². The highest BCUT2D eigenvalue weighted by Crippen LogP contribution is 2.34. The molecule has 0 aliphatic heterocycles. The Kier molecular flexibility index (Phi) is 8.84. The van der Waals surface area contributed by atoms with Crippen LogP contribution < -0.4 is 4.74 Å². The fourth-order valence-electron chi connectivity index (χ4n) is 2.61. The third kappa shape index (κ3) is 4.80. The molecule has 0 aliphatic carbocycles. The number of carbonyl (C=O) groups is 2. The molecule has 0 heterocycles. The normalized spacial score (nSPS) is 11.4. The van der Waals surface area contributed by atoms with Crippen molar-refractivity contribution in [1.82, 2.24) is 0 Å². The first kappa shape index (κ1) is 23.8. The van der Waals surface area contributed by atoms with E-state index in [4.69, 9.17) is 4.74 Å². The van der Waals surface area contributed by atoms with Crippen molar-refractivity contribution < 1.29 is 41.0 Å². The zero-order chi connectivity index (χ0) is 21.5. The Morgan fingerprint density at radius 2 is 1.25 bits per heavy atom. The van der Waals surface area contributed by atoms with Crippen LogP contribution in [-0.4, -0.2) is 18.5 Å². The molecule has 4 nitrogen and oxygen atoms in total. The van der Waals surface area contributed by atoms with Crippen LogP contribution in [0.15, 0.2) is 0 Å². The Hall–Kier alpha value is -2.19. The largest absolute Gasteiger partial charge is 0.465 e. The van der Waals surface area contributed by atoms with Crippen LogP contribution in [0.2, 0.25) is 0 Å². The summed E-state index contributed by atoms with van der Waals surface area (Å²) in [5.41, 5.74) is -1.93. The smallest absolute Gasteiger partial charge is 0.329 e. The number of ether oxygens (including phenoxy) is 2. The predicted octanol–water partition coefficient (Wildman–Crippen LogP) is 5.22. The number of halogens is 5. The van der Waals surface area contributed by atoms with Crippen molar-refractivity contribution in [3.63, 3.8) is 0 Å². The molecule has 0 fully saturated rings. The molecule has 1 aromatic carbocycles. The molecule has 0 aliphatic rings. The van der Waals surface area contributed by atoms with Gasteiger partial charge < -0.3 is 9.47 Å². The van der Waals surface area contributed by atoms with Gasteiger partial charge >= 0.3 is 11.9 Å². The van der Waals surface area contributed by atoms with Gasteiger partial charge in [-0.05, 0) is 19.3 Å². The molecule has 0 radical (unpaired) electrons. The minimum atomic E-state index is -2.38. The van der Waals surface area contributed by atoms with Gasteiger partial charge in [0.05, 0.1) is 6.61 Å². The molecule has 1 aromatic rings. The Balaban J connectivity index is 3.07. The quantitative estimate of drug-likeness (QED) is 0.101. The molecule has 0 bridgehead atoms. The summed E-state index contributed by atoms with van der Waals surface area (Å²) < 4.78 is 76.8. The van der Waals surface area contributed by atoms with Gasteiger partial charge in [-0.1, -0.05) is 40.0 Å². The molecule has 0 saturated carbocycles. The molecule has 0 unspecified atom stereocenters. The van der Waals surface area contributed by atoms with Crippen molar-refractivity contribution in [3.8, 4) is 5.75 Å². The van der Waals surface area contributed by atoms with Gasteiger partial charge in [0.15, 0.2) is 5.41 Å². The van der Waals surface area contributed by atoms with E-state index in [2.05, 4.69) is 4.74 Å². The average Bonchev–Trinajstić information content (AvgIpc) is 2.69. The summed E-state index contributed by atoms with van der Waals surface area (Å²) in [6, 6.07) is 0. The van der Waals surface area contributed by atoms with E-state index in [-0.39, 0.29) is 19.4 Å². The Morgan fingerprint density at radius 3 is 1.71 bits per heavy atom. The molecule has 9 heteroatoms. The van der Waals surface area contributed by atoms with Gasteiger partial charge in [0.1, 0.15) is 0 Å². The molecule has 0 atom stereocenters. The summed E-state index contributed by atoms with van der Waals surface area (Å²) in [5.74, 6) is -15.6. The molecule has 0 N–H and O–H groups in total. The van der Waals surface area contributed by atoms with Crippen molar-refractivity contribution in [3.05, 3.63) is 29.1 Å². The van der Waals surface area contributed by atoms with Gasteiger partial charge in [0.2, 0.25) is 34.8 Å². The van der Waals surface area contributed by atoms with E-state index in [0.717, 1.165) is 19.3 Å².